The predicted octanol–water partition coefficient (Wildman–Crippen LogP) is 2.62. The zero-order valence-electron chi connectivity index (χ0n) is 9.57. The van der Waals surface area contributed by atoms with Crippen LogP contribution < -0.4 is 0 Å². The van der Waals surface area contributed by atoms with E-state index in [4.69, 9.17) is 4.74 Å². The van der Waals surface area contributed by atoms with Crippen LogP contribution in [0.2, 0.25) is 0 Å². The highest BCUT2D eigenvalue weighted by molar-refractivity contribution is 9.10. The van der Waals surface area contributed by atoms with Gasteiger partial charge in [0, 0.05) is 11.6 Å². The second-order valence-electron chi connectivity index (χ2n) is 4.32. The molecule has 0 spiro atoms. The summed E-state index contributed by atoms with van der Waals surface area (Å²) in [5.41, 5.74) is 1.65. The number of rotatable bonds is 3. The fourth-order valence-corrected chi connectivity index (χ4v) is 1.94. The summed E-state index contributed by atoms with van der Waals surface area (Å²) in [6.45, 7) is 4.73. The first kappa shape index (κ1) is 11.5. The molecule has 1 heterocycles. The second kappa shape index (κ2) is 4.14. The number of ether oxygens (including phenoxy) is 1. The molecule has 86 valence electrons. The Labute approximate surface area is 103 Å². The Bertz CT molecular complexity index is 507. The molecule has 0 saturated carbocycles. The number of aromatic nitrogens is 3. The smallest absolute Gasteiger partial charge is 0.127 e. The van der Waals surface area contributed by atoms with Crippen molar-refractivity contribution >= 4 is 27.0 Å². The molecule has 5 heteroatoms. The summed E-state index contributed by atoms with van der Waals surface area (Å²) < 4.78 is 8.22. The van der Waals surface area contributed by atoms with E-state index in [1.807, 2.05) is 36.7 Å². The van der Waals surface area contributed by atoms with Crippen LogP contribution in [-0.4, -0.2) is 27.7 Å². The van der Waals surface area contributed by atoms with Crippen molar-refractivity contribution < 1.29 is 4.74 Å². The standard InChI is InChI=1S/C11H14BrN3O/c1-11(2,16-3)7-15-9-6-4-5-8(12)10(9)13-14-15/h4-6H,7H2,1-3H3. The molecule has 0 radical (unpaired) electrons. The van der Waals surface area contributed by atoms with E-state index >= 15 is 0 Å². The van der Waals surface area contributed by atoms with Gasteiger partial charge in [0.2, 0.25) is 0 Å². The van der Waals surface area contributed by atoms with Crippen molar-refractivity contribution in [3.63, 3.8) is 0 Å². The van der Waals surface area contributed by atoms with Crippen molar-refractivity contribution in [2.75, 3.05) is 7.11 Å². The van der Waals surface area contributed by atoms with Gasteiger partial charge in [-0.05, 0) is 41.9 Å². The normalized spacial score (nSPS) is 12.2. The Morgan fingerprint density at radius 2 is 2.19 bits per heavy atom. The molecule has 0 bridgehead atoms. The van der Waals surface area contributed by atoms with Crippen molar-refractivity contribution in [3.8, 4) is 0 Å². The molecular formula is C11H14BrN3O. The lowest BCUT2D eigenvalue weighted by molar-refractivity contribution is 0.00601. The van der Waals surface area contributed by atoms with Crippen LogP contribution in [0.1, 0.15) is 13.8 Å². The molecule has 4 nitrogen and oxygen atoms in total. The minimum atomic E-state index is -0.247. The van der Waals surface area contributed by atoms with Crippen LogP contribution >= 0.6 is 15.9 Å². The summed E-state index contributed by atoms with van der Waals surface area (Å²) in [5.74, 6) is 0. The monoisotopic (exact) mass is 283 g/mol. The Morgan fingerprint density at radius 1 is 1.44 bits per heavy atom. The maximum Gasteiger partial charge on any atom is 0.127 e. The van der Waals surface area contributed by atoms with E-state index in [1.54, 1.807) is 7.11 Å². The van der Waals surface area contributed by atoms with Crippen LogP contribution in [0, 0.1) is 0 Å². The Hall–Kier alpha value is -0.940. The van der Waals surface area contributed by atoms with Crippen molar-refractivity contribution in [2.24, 2.45) is 0 Å². The lowest BCUT2D eigenvalue weighted by Gasteiger charge is -2.22. The summed E-state index contributed by atoms with van der Waals surface area (Å²) >= 11 is 3.46. The SMILES string of the molecule is COC(C)(C)Cn1nnc2c(Br)cccc21. The minimum absolute atomic E-state index is 0.247. The van der Waals surface area contributed by atoms with E-state index in [9.17, 15) is 0 Å². The third-order valence-corrected chi connectivity index (χ3v) is 3.22. The summed E-state index contributed by atoms with van der Waals surface area (Å²) in [6.07, 6.45) is 0. The first-order valence-electron chi connectivity index (χ1n) is 5.06. The van der Waals surface area contributed by atoms with Gasteiger partial charge in [-0.15, -0.1) is 5.10 Å². The molecule has 1 aromatic carbocycles. The van der Waals surface area contributed by atoms with Gasteiger partial charge in [0.05, 0.1) is 17.7 Å². The number of hydrogen-bond donors (Lipinski definition) is 0. The largest absolute Gasteiger partial charge is 0.377 e. The molecule has 2 aromatic rings. The lowest BCUT2D eigenvalue weighted by Crippen LogP contribution is -2.29. The van der Waals surface area contributed by atoms with Gasteiger partial charge in [0.25, 0.3) is 0 Å². The summed E-state index contributed by atoms with van der Waals surface area (Å²) in [5, 5.41) is 8.29. The molecule has 0 aliphatic heterocycles. The van der Waals surface area contributed by atoms with E-state index in [2.05, 4.69) is 26.2 Å². The zero-order valence-corrected chi connectivity index (χ0v) is 11.2. The molecule has 0 N–H and O–H groups in total. The highest BCUT2D eigenvalue weighted by atomic mass is 79.9. The molecule has 0 fully saturated rings. The third kappa shape index (κ3) is 2.10. The molecule has 16 heavy (non-hydrogen) atoms. The van der Waals surface area contributed by atoms with Crippen LogP contribution in [-0.2, 0) is 11.3 Å². The van der Waals surface area contributed by atoms with Crippen LogP contribution in [0.25, 0.3) is 11.0 Å². The van der Waals surface area contributed by atoms with E-state index in [0.717, 1.165) is 15.5 Å². The van der Waals surface area contributed by atoms with E-state index in [-0.39, 0.29) is 5.60 Å². The Morgan fingerprint density at radius 3 is 2.88 bits per heavy atom. The maximum atomic E-state index is 5.39. The van der Waals surface area contributed by atoms with Crippen LogP contribution in [0.5, 0.6) is 0 Å². The Balaban J connectivity index is 2.43. The van der Waals surface area contributed by atoms with Gasteiger partial charge in [0.1, 0.15) is 5.52 Å². The quantitative estimate of drug-likeness (QED) is 0.869. The Kier molecular flexibility index (Phi) is 2.99. The van der Waals surface area contributed by atoms with E-state index in [1.165, 1.54) is 0 Å². The first-order valence-corrected chi connectivity index (χ1v) is 5.86. The molecular weight excluding hydrogens is 270 g/mol. The van der Waals surface area contributed by atoms with Gasteiger partial charge in [0.15, 0.2) is 0 Å². The predicted molar refractivity (Wildman–Crippen MR) is 66.3 cm³/mol. The number of nitrogens with zero attached hydrogens (tertiary/aromatic N) is 3. The van der Waals surface area contributed by atoms with Gasteiger partial charge in [-0.1, -0.05) is 11.3 Å². The van der Waals surface area contributed by atoms with Gasteiger partial charge in [-0.2, -0.15) is 0 Å². The number of fused-ring (bicyclic) bond motifs is 1. The van der Waals surface area contributed by atoms with Crippen molar-refractivity contribution in [1.29, 1.82) is 0 Å². The van der Waals surface area contributed by atoms with Crippen molar-refractivity contribution in [3.05, 3.63) is 22.7 Å². The zero-order chi connectivity index (χ0) is 11.8. The average Bonchev–Trinajstić information content (AvgIpc) is 2.63. The summed E-state index contributed by atoms with van der Waals surface area (Å²) in [4.78, 5) is 0. The highest BCUT2D eigenvalue weighted by Crippen LogP contribution is 2.22. The van der Waals surface area contributed by atoms with E-state index in [0.29, 0.717) is 6.54 Å². The van der Waals surface area contributed by atoms with Gasteiger partial charge < -0.3 is 4.74 Å². The van der Waals surface area contributed by atoms with Crippen molar-refractivity contribution in [1.82, 2.24) is 15.0 Å². The molecule has 0 amide bonds. The molecule has 0 atom stereocenters. The minimum Gasteiger partial charge on any atom is -0.377 e. The first-order chi connectivity index (χ1) is 7.53. The van der Waals surface area contributed by atoms with Gasteiger partial charge in [-0.3, -0.25) is 0 Å². The van der Waals surface area contributed by atoms with Crippen LogP contribution in [0.4, 0.5) is 0 Å². The molecule has 2 rings (SSSR count). The topological polar surface area (TPSA) is 39.9 Å². The molecule has 0 aliphatic carbocycles. The van der Waals surface area contributed by atoms with Gasteiger partial charge in [-0.25, -0.2) is 4.68 Å². The highest BCUT2D eigenvalue weighted by Gasteiger charge is 2.19. The lowest BCUT2D eigenvalue weighted by atomic mass is 10.1. The number of benzene rings is 1. The van der Waals surface area contributed by atoms with Gasteiger partial charge >= 0.3 is 0 Å². The maximum absolute atomic E-state index is 5.39. The number of halogens is 1. The average molecular weight is 284 g/mol. The van der Waals surface area contributed by atoms with Crippen LogP contribution in [0.15, 0.2) is 22.7 Å². The van der Waals surface area contributed by atoms with E-state index < -0.39 is 0 Å². The molecule has 0 aliphatic rings. The fourth-order valence-electron chi connectivity index (χ4n) is 1.50. The second-order valence-corrected chi connectivity index (χ2v) is 5.17. The fraction of sp³-hybridized carbons (Fsp3) is 0.455. The summed E-state index contributed by atoms with van der Waals surface area (Å²) in [6, 6.07) is 5.95. The number of methoxy groups -OCH3 is 1. The summed E-state index contributed by atoms with van der Waals surface area (Å²) in [7, 11) is 1.70. The molecule has 0 unspecified atom stereocenters. The van der Waals surface area contributed by atoms with Crippen molar-refractivity contribution in [2.45, 2.75) is 26.0 Å². The third-order valence-electron chi connectivity index (χ3n) is 2.58. The molecule has 0 saturated heterocycles. The number of hydrogen-bond acceptors (Lipinski definition) is 3. The molecule has 1 aromatic heterocycles. The van der Waals surface area contributed by atoms with Crippen LogP contribution in [0.3, 0.4) is 0 Å².